The van der Waals surface area contributed by atoms with E-state index in [1.54, 1.807) is 24.4 Å². The second kappa shape index (κ2) is 16.0. The van der Waals surface area contributed by atoms with Crippen molar-refractivity contribution >= 4 is 64.8 Å². The van der Waals surface area contributed by atoms with E-state index < -0.39 is 17.9 Å². The summed E-state index contributed by atoms with van der Waals surface area (Å²) < 4.78 is 0. The van der Waals surface area contributed by atoms with Crippen molar-refractivity contribution in [3.8, 4) is 11.1 Å². The maximum atomic E-state index is 12.4. The number of halogens is 1. The van der Waals surface area contributed by atoms with Gasteiger partial charge in [-0.05, 0) is 53.8 Å². The molecule has 0 saturated carbocycles. The number of carboxylic acids is 1. The molecule has 8 nitrogen and oxygen atoms in total. The van der Waals surface area contributed by atoms with Gasteiger partial charge in [-0.25, -0.2) is 4.98 Å². The van der Waals surface area contributed by atoms with E-state index in [2.05, 4.69) is 20.9 Å². The van der Waals surface area contributed by atoms with Gasteiger partial charge in [0.1, 0.15) is 5.82 Å². The minimum atomic E-state index is -1.04. The topological polar surface area (TPSA) is 120 Å². The number of nitrogens with zero attached hydrogens (tertiary/aromatic N) is 1. The Balaban J connectivity index is 0.00000481. The molecule has 0 fully saturated rings. The Labute approximate surface area is 243 Å². The summed E-state index contributed by atoms with van der Waals surface area (Å²) in [6.07, 6.45) is 3.16. The molecule has 37 heavy (non-hydrogen) atoms. The van der Waals surface area contributed by atoms with E-state index in [-0.39, 0.29) is 48.4 Å². The van der Waals surface area contributed by atoms with Crippen molar-refractivity contribution in [1.82, 2.24) is 15.6 Å². The standard InChI is InChI=1S/C27H29ClN4O4.Na.H/c28-22-7-5-6-21(16-22)19-10-12-20(13-11-19)23(17-27(35)36)32-26(34)18-31-25(33)9-2-4-15-30-24-8-1-3-14-29-24;;/h1,3,5-8,10-14,16,23H,2,4,9,15,17-18H2,(H,29,30)(H,31,33)(H,32,34)(H,35,36);;. The number of rotatable bonds is 13. The van der Waals surface area contributed by atoms with E-state index in [0.717, 1.165) is 23.4 Å². The van der Waals surface area contributed by atoms with E-state index in [4.69, 9.17) is 11.6 Å². The van der Waals surface area contributed by atoms with Crippen molar-refractivity contribution < 1.29 is 19.5 Å². The van der Waals surface area contributed by atoms with E-state index in [9.17, 15) is 19.5 Å². The zero-order valence-corrected chi connectivity index (χ0v) is 20.5. The number of nitrogens with one attached hydrogen (secondary N) is 3. The molecule has 0 aliphatic carbocycles. The number of pyridine rings is 1. The first-order valence-electron chi connectivity index (χ1n) is 11.7. The maximum absolute atomic E-state index is 12.4. The summed E-state index contributed by atoms with van der Waals surface area (Å²) >= 11 is 6.06. The molecule has 4 N–H and O–H groups in total. The molecule has 1 heterocycles. The van der Waals surface area contributed by atoms with E-state index >= 15 is 0 Å². The Morgan fingerprint density at radius 3 is 2.38 bits per heavy atom. The Hall–Kier alpha value is -2.91. The van der Waals surface area contributed by atoms with Crippen LogP contribution in [0.3, 0.4) is 0 Å². The van der Waals surface area contributed by atoms with Crippen LogP contribution in [0.25, 0.3) is 11.1 Å². The first-order chi connectivity index (χ1) is 17.4. The molecule has 2 amide bonds. The molecule has 2 aromatic carbocycles. The van der Waals surface area contributed by atoms with Crippen LogP contribution in [0.1, 0.15) is 37.3 Å². The molecule has 190 valence electrons. The molecule has 1 aromatic heterocycles. The predicted octanol–water partition coefficient (Wildman–Crippen LogP) is 3.78. The summed E-state index contributed by atoms with van der Waals surface area (Å²) in [5.41, 5.74) is 2.51. The molecule has 0 aliphatic rings. The molecule has 1 atom stereocenters. The Kier molecular flexibility index (Phi) is 13.1. The average Bonchev–Trinajstić information content (AvgIpc) is 2.87. The second-order valence-corrected chi connectivity index (χ2v) is 8.66. The van der Waals surface area contributed by atoms with Gasteiger partial charge in [-0.3, -0.25) is 14.4 Å². The molecular formula is C27H30ClN4NaO4. The summed E-state index contributed by atoms with van der Waals surface area (Å²) in [4.78, 5) is 40.0. The first-order valence-corrected chi connectivity index (χ1v) is 12.1. The van der Waals surface area contributed by atoms with Gasteiger partial charge in [0.2, 0.25) is 11.8 Å². The van der Waals surface area contributed by atoms with Gasteiger partial charge in [-0.2, -0.15) is 0 Å². The van der Waals surface area contributed by atoms with Crippen LogP contribution in [0.15, 0.2) is 72.9 Å². The number of aromatic nitrogens is 1. The number of benzene rings is 2. The monoisotopic (exact) mass is 532 g/mol. The van der Waals surface area contributed by atoms with Crippen molar-refractivity contribution in [2.75, 3.05) is 18.4 Å². The molecule has 10 heteroatoms. The van der Waals surface area contributed by atoms with Gasteiger partial charge in [0, 0.05) is 24.2 Å². The predicted molar refractivity (Wildman–Crippen MR) is 147 cm³/mol. The van der Waals surface area contributed by atoms with Crippen molar-refractivity contribution in [3.63, 3.8) is 0 Å². The summed E-state index contributed by atoms with van der Waals surface area (Å²) in [6.45, 7) is 0.472. The van der Waals surface area contributed by atoms with Crippen molar-refractivity contribution in [3.05, 3.63) is 83.5 Å². The van der Waals surface area contributed by atoms with E-state index in [0.29, 0.717) is 30.0 Å². The molecule has 0 saturated heterocycles. The zero-order valence-electron chi connectivity index (χ0n) is 19.7. The first kappa shape index (κ1) is 30.3. The quantitative estimate of drug-likeness (QED) is 0.196. The van der Waals surface area contributed by atoms with Crippen molar-refractivity contribution in [2.24, 2.45) is 0 Å². The fraction of sp³-hybridized carbons (Fsp3) is 0.259. The van der Waals surface area contributed by atoms with E-state index in [1.807, 2.05) is 48.5 Å². The number of hydrogen-bond donors (Lipinski definition) is 4. The number of aliphatic carboxylic acids is 1. The fourth-order valence-corrected chi connectivity index (χ4v) is 3.80. The number of hydrogen-bond acceptors (Lipinski definition) is 5. The van der Waals surface area contributed by atoms with Crippen LogP contribution in [-0.2, 0) is 14.4 Å². The van der Waals surface area contributed by atoms with Gasteiger partial charge in [-0.15, -0.1) is 0 Å². The van der Waals surface area contributed by atoms with Crippen LogP contribution < -0.4 is 16.0 Å². The van der Waals surface area contributed by atoms with Crippen LogP contribution in [-0.4, -0.2) is 70.5 Å². The van der Waals surface area contributed by atoms with Crippen molar-refractivity contribution in [2.45, 2.75) is 31.7 Å². The van der Waals surface area contributed by atoms with Gasteiger partial charge >= 0.3 is 35.5 Å². The molecular weight excluding hydrogens is 503 g/mol. The molecule has 0 bridgehead atoms. The summed E-state index contributed by atoms with van der Waals surface area (Å²) in [7, 11) is 0. The third-order valence-electron chi connectivity index (χ3n) is 5.43. The van der Waals surface area contributed by atoms with Crippen molar-refractivity contribution in [1.29, 1.82) is 0 Å². The number of carboxylic acid groups (broad SMARTS) is 1. The Morgan fingerprint density at radius 1 is 0.919 bits per heavy atom. The Bertz CT molecular complexity index is 1160. The number of anilines is 1. The molecule has 0 spiro atoms. The third kappa shape index (κ3) is 10.9. The SMILES string of the molecule is O=C(O)CC(NC(=O)CNC(=O)CCCCNc1ccccn1)c1ccc(-c2cccc(Cl)c2)cc1.[NaH]. The molecule has 3 aromatic rings. The molecule has 0 aliphatic heterocycles. The van der Waals surface area contributed by atoms with Crippen LogP contribution >= 0.6 is 11.6 Å². The number of carbonyl (C=O) groups excluding carboxylic acids is 2. The molecule has 1 unspecified atom stereocenters. The zero-order chi connectivity index (χ0) is 25.8. The number of unbranched alkanes of at least 4 members (excludes halogenated alkanes) is 1. The summed E-state index contributed by atoms with van der Waals surface area (Å²) in [5.74, 6) is -0.940. The normalized spacial score (nSPS) is 11.1. The van der Waals surface area contributed by atoms with Gasteiger partial charge < -0.3 is 21.1 Å². The molecule has 3 rings (SSSR count). The number of amides is 2. The fourth-order valence-electron chi connectivity index (χ4n) is 3.61. The average molecular weight is 533 g/mol. The Morgan fingerprint density at radius 2 is 1.70 bits per heavy atom. The summed E-state index contributed by atoms with van der Waals surface area (Å²) in [6, 6.07) is 19.6. The van der Waals surface area contributed by atoms with Crippen LogP contribution in [0, 0.1) is 0 Å². The number of carbonyl (C=O) groups is 3. The van der Waals surface area contributed by atoms with Crippen LogP contribution in [0.4, 0.5) is 5.82 Å². The van der Waals surface area contributed by atoms with Gasteiger partial charge in [-0.1, -0.05) is 54.1 Å². The van der Waals surface area contributed by atoms with Gasteiger partial charge in [0.05, 0.1) is 19.0 Å². The summed E-state index contributed by atoms with van der Waals surface area (Å²) in [5, 5.41) is 18.4. The molecule has 0 radical (unpaired) electrons. The van der Waals surface area contributed by atoms with Crippen LogP contribution in [0.2, 0.25) is 5.02 Å². The van der Waals surface area contributed by atoms with Gasteiger partial charge in [0.25, 0.3) is 0 Å². The van der Waals surface area contributed by atoms with E-state index in [1.165, 1.54) is 0 Å². The minimum absolute atomic E-state index is 0. The second-order valence-electron chi connectivity index (χ2n) is 8.23. The third-order valence-corrected chi connectivity index (χ3v) is 5.67. The van der Waals surface area contributed by atoms with Gasteiger partial charge in [0.15, 0.2) is 0 Å². The van der Waals surface area contributed by atoms with Crippen LogP contribution in [0.5, 0.6) is 0 Å².